The first-order chi connectivity index (χ1) is 20.6. The molecule has 43 heavy (non-hydrogen) atoms. The summed E-state index contributed by atoms with van der Waals surface area (Å²) >= 11 is 0. The Bertz CT molecular complexity index is 590. The zero-order valence-corrected chi connectivity index (χ0v) is 26.3. The summed E-state index contributed by atoms with van der Waals surface area (Å²) in [4.78, 5) is 0. The minimum atomic E-state index is -0.985. The predicted molar refractivity (Wildman–Crippen MR) is 154 cm³/mol. The molecule has 0 saturated carbocycles. The Morgan fingerprint density at radius 1 is 0.349 bits per heavy atom. The molecule has 0 aromatic carbocycles. The highest BCUT2D eigenvalue weighted by Gasteiger charge is 2.19. The Morgan fingerprint density at radius 2 is 0.651 bits per heavy atom. The Kier molecular flexibility index (Phi) is 28.4. The van der Waals surface area contributed by atoms with Crippen molar-refractivity contribution in [2.24, 2.45) is 0 Å². The zero-order chi connectivity index (χ0) is 32.3. The van der Waals surface area contributed by atoms with E-state index < -0.39 is 48.8 Å². The molecule has 0 aliphatic carbocycles. The van der Waals surface area contributed by atoms with Gasteiger partial charge in [-0.1, -0.05) is 13.8 Å². The van der Waals surface area contributed by atoms with Gasteiger partial charge in [-0.2, -0.15) is 0 Å². The minimum absolute atomic E-state index is 0.00396. The summed E-state index contributed by atoms with van der Waals surface area (Å²) in [6.45, 7) is 4.16. The first-order valence-corrected chi connectivity index (χ1v) is 14.8. The second-order valence-corrected chi connectivity index (χ2v) is 10.2. The normalized spacial score (nSPS) is 17.7. The molecule has 15 heteroatoms. The number of rotatable bonds is 32. The number of hydrogen-bond donors (Lipinski definition) is 6. The van der Waals surface area contributed by atoms with Crippen LogP contribution in [0.2, 0.25) is 0 Å². The van der Waals surface area contributed by atoms with Crippen molar-refractivity contribution in [3.8, 4) is 0 Å². The number of aliphatic hydroxyl groups is 6. The quantitative estimate of drug-likeness (QED) is 0.0479. The van der Waals surface area contributed by atoms with E-state index in [1.54, 1.807) is 0 Å². The maximum absolute atomic E-state index is 10.2. The third-order valence-electron chi connectivity index (χ3n) is 5.79. The van der Waals surface area contributed by atoms with Gasteiger partial charge in [0.15, 0.2) is 0 Å². The van der Waals surface area contributed by atoms with Crippen LogP contribution in [0.25, 0.3) is 0 Å². The van der Waals surface area contributed by atoms with E-state index in [-0.39, 0.29) is 92.5 Å². The van der Waals surface area contributed by atoms with Crippen LogP contribution in [0.3, 0.4) is 0 Å². The number of methoxy groups -OCH3 is 2. The first-order valence-electron chi connectivity index (χ1n) is 14.8. The van der Waals surface area contributed by atoms with Gasteiger partial charge in [-0.05, 0) is 12.8 Å². The third kappa shape index (κ3) is 26.3. The summed E-state index contributed by atoms with van der Waals surface area (Å²) in [7, 11) is 2.97. The summed E-state index contributed by atoms with van der Waals surface area (Å²) in [5.41, 5.74) is 0. The van der Waals surface area contributed by atoms with Gasteiger partial charge in [-0.3, -0.25) is 0 Å². The van der Waals surface area contributed by atoms with Gasteiger partial charge < -0.3 is 73.3 Å². The molecule has 0 bridgehead atoms. The zero-order valence-electron chi connectivity index (χ0n) is 26.3. The molecule has 6 N–H and O–H groups in total. The highest BCUT2D eigenvalue weighted by atomic mass is 16.6. The van der Waals surface area contributed by atoms with Crippen LogP contribution in [0.5, 0.6) is 0 Å². The lowest BCUT2D eigenvalue weighted by molar-refractivity contribution is -0.131. The van der Waals surface area contributed by atoms with E-state index in [0.29, 0.717) is 12.8 Å². The Morgan fingerprint density at radius 3 is 1.05 bits per heavy atom. The summed E-state index contributed by atoms with van der Waals surface area (Å²) in [6, 6.07) is 0. The van der Waals surface area contributed by atoms with Crippen molar-refractivity contribution in [3.63, 3.8) is 0 Å². The first kappa shape index (κ1) is 42.4. The largest absolute Gasteiger partial charge is 0.391 e. The average molecular weight is 635 g/mol. The Balaban J connectivity index is 4.74. The number of ether oxygens (including phenoxy) is 9. The molecule has 8 atom stereocenters. The fourth-order valence-corrected chi connectivity index (χ4v) is 3.28. The molecule has 260 valence electrons. The minimum Gasteiger partial charge on any atom is -0.391 e. The monoisotopic (exact) mass is 634 g/mol. The summed E-state index contributed by atoms with van der Waals surface area (Å²) in [5.74, 6) is 0. The molecule has 0 amide bonds. The van der Waals surface area contributed by atoms with Gasteiger partial charge in [-0.15, -0.1) is 0 Å². The molecular weight excluding hydrogens is 576 g/mol. The number of aliphatic hydroxyl groups excluding tert-OH is 6. The smallest absolute Gasteiger partial charge is 0.104 e. The second kappa shape index (κ2) is 28.8. The van der Waals surface area contributed by atoms with E-state index >= 15 is 0 Å². The van der Waals surface area contributed by atoms with E-state index in [2.05, 4.69) is 0 Å². The molecule has 0 fully saturated rings. The van der Waals surface area contributed by atoms with Crippen LogP contribution in [-0.2, 0) is 42.6 Å². The van der Waals surface area contributed by atoms with Gasteiger partial charge in [0, 0.05) is 14.2 Å². The topological polar surface area (TPSA) is 204 Å². The van der Waals surface area contributed by atoms with Gasteiger partial charge in [0.1, 0.15) is 36.6 Å². The highest BCUT2D eigenvalue weighted by molar-refractivity contribution is 4.65. The number of hydrogen-bond acceptors (Lipinski definition) is 15. The second-order valence-electron chi connectivity index (χ2n) is 10.2. The molecule has 0 heterocycles. The van der Waals surface area contributed by atoms with E-state index in [1.165, 1.54) is 14.2 Å². The Labute approximate surface area is 255 Å². The van der Waals surface area contributed by atoms with Crippen LogP contribution < -0.4 is 0 Å². The summed E-state index contributed by atoms with van der Waals surface area (Å²) in [6.07, 6.45) is -4.81. The molecule has 0 aromatic rings. The third-order valence-corrected chi connectivity index (χ3v) is 5.79. The van der Waals surface area contributed by atoms with E-state index in [0.717, 1.165) is 0 Å². The van der Waals surface area contributed by atoms with Crippen LogP contribution in [0.4, 0.5) is 0 Å². The van der Waals surface area contributed by atoms with Crippen molar-refractivity contribution in [1.82, 2.24) is 0 Å². The molecular formula is C28H58O15. The molecule has 0 saturated heterocycles. The van der Waals surface area contributed by atoms with Crippen molar-refractivity contribution in [3.05, 3.63) is 0 Å². The molecule has 15 nitrogen and oxygen atoms in total. The van der Waals surface area contributed by atoms with Gasteiger partial charge in [0.2, 0.25) is 0 Å². The SMILES string of the molecule is CCC(O)COCC(O)COCC(COC)OCC(COCC(O)COCC(O)CC)OCC(O)COCC(O)COC. The highest BCUT2D eigenvalue weighted by Crippen LogP contribution is 2.05. The van der Waals surface area contributed by atoms with E-state index in [9.17, 15) is 30.6 Å². The fraction of sp³-hybridized carbons (Fsp3) is 1.00. The molecule has 0 aliphatic heterocycles. The lowest BCUT2D eigenvalue weighted by Crippen LogP contribution is -2.36. The molecule has 0 aromatic heterocycles. The van der Waals surface area contributed by atoms with Crippen molar-refractivity contribution in [2.45, 2.75) is 75.5 Å². The fourth-order valence-electron chi connectivity index (χ4n) is 3.28. The van der Waals surface area contributed by atoms with Crippen LogP contribution >= 0.6 is 0 Å². The molecule has 0 aliphatic rings. The van der Waals surface area contributed by atoms with Crippen molar-refractivity contribution < 1.29 is 73.3 Å². The van der Waals surface area contributed by atoms with Crippen LogP contribution in [-0.4, -0.2) is 186 Å². The molecule has 8 unspecified atom stereocenters. The maximum atomic E-state index is 10.2. The standard InChI is InChI=1S/C28H58O15/c1-5-21(29)8-37-11-24(32)13-40-18-27(17-36-4)43-20-28(19-41-14-25(33)12-38-9-22(30)6-2)42-16-26(34)15-39-10-23(31)7-35-3/h21-34H,5-20H2,1-4H3. The van der Waals surface area contributed by atoms with Crippen molar-refractivity contribution in [1.29, 1.82) is 0 Å². The van der Waals surface area contributed by atoms with Gasteiger partial charge in [-0.25, -0.2) is 0 Å². The van der Waals surface area contributed by atoms with Gasteiger partial charge in [0.05, 0.1) is 105 Å². The molecule has 0 radical (unpaired) electrons. The van der Waals surface area contributed by atoms with Crippen LogP contribution in [0.1, 0.15) is 26.7 Å². The maximum Gasteiger partial charge on any atom is 0.104 e. The average Bonchev–Trinajstić information content (AvgIpc) is 2.97. The lowest BCUT2D eigenvalue weighted by Gasteiger charge is -2.24. The van der Waals surface area contributed by atoms with Crippen LogP contribution in [0.15, 0.2) is 0 Å². The molecule has 0 rings (SSSR count). The van der Waals surface area contributed by atoms with Crippen LogP contribution in [0, 0.1) is 0 Å². The molecule has 0 spiro atoms. The summed E-state index contributed by atoms with van der Waals surface area (Å²) < 4.78 is 48.7. The predicted octanol–water partition coefficient (Wildman–Crippen LogP) is -1.88. The van der Waals surface area contributed by atoms with E-state index in [1.807, 2.05) is 13.8 Å². The van der Waals surface area contributed by atoms with Gasteiger partial charge >= 0.3 is 0 Å². The Hall–Kier alpha value is -0.600. The van der Waals surface area contributed by atoms with Crippen molar-refractivity contribution >= 4 is 0 Å². The summed E-state index contributed by atoms with van der Waals surface area (Å²) in [5, 5.41) is 59.1. The lowest BCUT2D eigenvalue weighted by atomic mass is 10.3. The van der Waals surface area contributed by atoms with Crippen molar-refractivity contribution in [2.75, 3.05) is 107 Å². The van der Waals surface area contributed by atoms with E-state index in [4.69, 9.17) is 42.6 Å². The van der Waals surface area contributed by atoms with Gasteiger partial charge in [0.25, 0.3) is 0 Å².